The molecular weight excluding hydrogens is 390 g/mol. The second kappa shape index (κ2) is 9.62. The molecule has 1 N–H and O–H groups in total. The van der Waals surface area contributed by atoms with Crippen LogP contribution in [0.25, 0.3) is 10.1 Å². The summed E-state index contributed by atoms with van der Waals surface area (Å²) in [6.45, 7) is 2.49. The highest BCUT2D eigenvalue weighted by molar-refractivity contribution is 7.16. The van der Waals surface area contributed by atoms with E-state index in [9.17, 15) is 19.5 Å². The number of ether oxygens (including phenoxy) is 1. The molecule has 0 aliphatic rings. The van der Waals surface area contributed by atoms with Gasteiger partial charge in [0.1, 0.15) is 0 Å². The molecule has 3 rings (SSSR count). The Morgan fingerprint density at radius 2 is 1.79 bits per heavy atom. The predicted molar refractivity (Wildman–Crippen MR) is 114 cm³/mol. The van der Waals surface area contributed by atoms with E-state index in [2.05, 4.69) is 0 Å². The zero-order chi connectivity index (χ0) is 20.8. The van der Waals surface area contributed by atoms with E-state index in [4.69, 9.17) is 4.74 Å². The van der Waals surface area contributed by atoms with E-state index in [0.29, 0.717) is 36.1 Å². The van der Waals surface area contributed by atoms with Crippen LogP contribution in [0.15, 0.2) is 58.1 Å². The Kier molecular flexibility index (Phi) is 6.95. The maximum Gasteiger partial charge on any atom is 0.333 e. The number of hydrogen-bond donors (Lipinski definition) is 1. The van der Waals surface area contributed by atoms with Gasteiger partial charge < -0.3 is 9.84 Å². The predicted octanol–water partition coefficient (Wildman–Crippen LogP) is 3.09. The Morgan fingerprint density at radius 3 is 2.48 bits per heavy atom. The normalized spacial score (nSPS) is 12.2. The molecule has 6 nitrogen and oxygen atoms in total. The molecule has 7 heteroatoms. The monoisotopic (exact) mass is 413 g/mol. The zero-order valence-electron chi connectivity index (χ0n) is 16.2. The average molecular weight is 413 g/mol. The van der Waals surface area contributed by atoms with Crippen LogP contribution in [0.2, 0.25) is 0 Å². The second-order valence-electron chi connectivity index (χ2n) is 6.73. The van der Waals surface area contributed by atoms with Crippen molar-refractivity contribution < 1.29 is 14.6 Å². The molecule has 0 aliphatic heterocycles. The lowest BCUT2D eigenvalue weighted by Crippen LogP contribution is -2.31. The van der Waals surface area contributed by atoms with E-state index in [1.54, 1.807) is 25.1 Å². The first-order valence-corrected chi connectivity index (χ1v) is 10.4. The van der Waals surface area contributed by atoms with Crippen molar-refractivity contribution in [2.75, 3.05) is 6.61 Å². The van der Waals surface area contributed by atoms with Crippen LogP contribution >= 0.6 is 11.3 Å². The quantitative estimate of drug-likeness (QED) is 0.583. The number of fused-ring (bicyclic) bond motifs is 1. The third-order valence-electron chi connectivity index (χ3n) is 4.71. The van der Waals surface area contributed by atoms with E-state index in [0.717, 1.165) is 28.9 Å². The van der Waals surface area contributed by atoms with E-state index >= 15 is 0 Å². The van der Waals surface area contributed by atoms with E-state index in [1.165, 1.54) is 4.57 Å². The van der Waals surface area contributed by atoms with Gasteiger partial charge in [-0.2, -0.15) is 0 Å². The van der Waals surface area contributed by atoms with Crippen molar-refractivity contribution in [2.45, 2.75) is 38.8 Å². The van der Waals surface area contributed by atoms with E-state index in [-0.39, 0.29) is 10.4 Å². The molecule has 29 heavy (non-hydrogen) atoms. The number of benzene rings is 2. The maximum absolute atomic E-state index is 12.6. The lowest BCUT2D eigenvalue weighted by atomic mass is 10.0. The number of rotatable bonds is 9. The van der Waals surface area contributed by atoms with Gasteiger partial charge in [0.2, 0.25) is 0 Å². The summed E-state index contributed by atoms with van der Waals surface area (Å²) in [5, 5.41) is 9.75. The van der Waals surface area contributed by atoms with Gasteiger partial charge in [-0.05, 0) is 43.0 Å². The van der Waals surface area contributed by atoms with Crippen molar-refractivity contribution in [3.63, 3.8) is 0 Å². The molecule has 1 atom stereocenters. The summed E-state index contributed by atoms with van der Waals surface area (Å²) in [5.74, 6) is -0.966. The summed E-state index contributed by atoms with van der Waals surface area (Å²) >= 11 is 1.09. The summed E-state index contributed by atoms with van der Waals surface area (Å²) in [6, 6.07) is 14.8. The van der Waals surface area contributed by atoms with Crippen LogP contribution < -0.4 is 10.4 Å². The Morgan fingerprint density at radius 1 is 1.10 bits per heavy atom. The van der Waals surface area contributed by atoms with Crippen molar-refractivity contribution in [3.8, 4) is 0 Å². The fourth-order valence-corrected chi connectivity index (χ4v) is 4.10. The minimum absolute atomic E-state index is 0.236. The molecule has 0 spiro atoms. The summed E-state index contributed by atoms with van der Waals surface area (Å²) in [5.41, 5.74) is 1.72. The SMILES string of the molecule is CCOC(Cc1ccc(CCCn2c(=O)sc3ccccc3c2=O)cc1)C(=O)O. The molecule has 152 valence electrons. The number of carboxylic acids is 1. The van der Waals surface area contributed by atoms with Crippen LogP contribution in [0.1, 0.15) is 24.5 Å². The maximum atomic E-state index is 12.6. The third-order valence-corrected chi connectivity index (χ3v) is 5.69. The number of nitrogens with zero attached hydrogens (tertiary/aromatic N) is 1. The summed E-state index contributed by atoms with van der Waals surface area (Å²) < 4.78 is 7.26. The molecule has 1 aromatic heterocycles. The van der Waals surface area contributed by atoms with Crippen LogP contribution in [0.3, 0.4) is 0 Å². The first-order valence-electron chi connectivity index (χ1n) is 9.54. The van der Waals surface area contributed by atoms with Gasteiger partial charge in [-0.3, -0.25) is 14.2 Å². The van der Waals surface area contributed by atoms with Crippen molar-refractivity contribution >= 4 is 27.4 Å². The van der Waals surface area contributed by atoms with Crippen LogP contribution in [0.5, 0.6) is 0 Å². The van der Waals surface area contributed by atoms with Gasteiger partial charge in [0, 0.05) is 24.3 Å². The number of carbonyl (C=O) groups is 1. The molecule has 0 fully saturated rings. The highest BCUT2D eigenvalue weighted by atomic mass is 32.1. The molecular formula is C22H23NO5S. The topological polar surface area (TPSA) is 85.6 Å². The molecule has 0 saturated heterocycles. The molecule has 0 bridgehead atoms. The Labute approximate surface area is 172 Å². The minimum Gasteiger partial charge on any atom is -0.479 e. The van der Waals surface area contributed by atoms with Crippen molar-refractivity contribution in [2.24, 2.45) is 0 Å². The first kappa shape index (κ1) is 21.0. The van der Waals surface area contributed by atoms with Crippen LogP contribution in [-0.2, 0) is 28.9 Å². The summed E-state index contributed by atoms with van der Waals surface area (Å²) in [7, 11) is 0. The lowest BCUT2D eigenvalue weighted by molar-refractivity contribution is -0.149. The smallest absolute Gasteiger partial charge is 0.333 e. The molecule has 0 aliphatic carbocycles. The highest BCUT2D eigenvalue weighted by Crippen LogP contribution is 2.13. The van der Waals surface area contributed by atoms with Crippen molar-refractivity contribution in [3.05, 3.63) is 79.7 Å². The van der Waals surface area contributed by atoms with Gasteiger partial charge in [-0.1, -0.05) is 47.7 Å². The van der Waals surface area contributed by atoms with Crippen LogP contribution in [0, 0.1) is 0 Å². The summed E-state index contributed by atoms with van der Waals surface area (Å²) in [6.07, 6.45) is 0.854. The fourth-order valence-electron chi connectivity index (χ4n) is 3.22. The Hall–Kier alpha value is -2.77. The van der Waals surface area contributed by atoms with Gasteiger partial charge in [-0.25, -0.2) is 4.79 Å². The molecule has 0 saturated carbocycles. The van der Waals surface area contributed by atoms with Crippen LogP contribution in [-0.4, -0.2) is 28.4 Å². The van der Waals surface area contributed by atoms with Gasteiger partial charge in [0.15, 0.2) is 6.10 Å². The van der Waals surface area contributed by atoms with Crippen LogP contribution in [0.4, 0.5) is 0 Å². The van der Waals surface area contributed by atoms with E-state index < -0.39 is 12.1 Å². The molecule has 1 unspecified atom stereocenters. The second-order valence-corrected chi connectivity index (χ2v) is 7.72. The Balaban J connectivity index is 1.63. The number of carboxylic acid groups (broad SMARTS) is 1. The summed E-state index contributed by atoms with van der Waals surface area (Å²) in [4.78, 5) is 35.8. The fraction of sp³-hybridized carbons (Fsp3) is 0.318. The molecule has 1 heterocycles. The number of aryl methyl sites for hydroxylation is 1. The number of aliphatic carboxylic acids is 1. The molecule has 0 radical (unpaired) electrons. The van der Waals surface area contributed by atoms with E-state index in [1.807, 2.05) is 30.3 Å². The number of hydrogen-bond acceptors (Lipinski definition) is 5. The Bertz CT molecular complexity index is 1100. The van der Waals surface area contributed by atoms with Gasteiger partial charge in [-0.15, -0.1) is 0 Å². The van der Waals surface area contributed by atoms with Gasteiger partial charge in [0.25, 0.3) is 5.56 Å². The van der Waals surface area contributed by atoms with Gasteiger partial charge >= 0.3 is 10.8 Å². The minimum atomic E-state index is -0.966. The standard InChI is InChI=1S/C22H23NO5S/c1-2-28-18(21(25)26)14-16-11-9-15(10-12-16)6-5-13-23-20(24)17-7-3-4-8-19(17)29-22(23)27/h3-4,7-12,18H,2,5-6,13-14H2,1H3,(H,25,26). The van der Waals surface area contributed by atoms with Gasteiger partial charge in [0.05, 0.1) is 5.39 Å². The first-order chi connectivity index (χ1) is 14.0. The average Bonchev–Trinajstić information content (AvgIpc) is 2.71. The molecule has 2 aromatic carbocycles. The largest absolute Gasteiger partial charge is 0.479 e. The number of aromatic nitrogens is 1. The van der Waals surface area contributed by atoms with Crippen molar-refractivity contribution in [1.82, 2.24) is 4.57 Å². The highest BCUT2D eigenvalue weighted by Gasteiger charge is 2.17. The third kappa shape index (κ3) is 5.19. The zero-order valence-corrected chi connectivity index (χ0v) is 17.0. The lowest BCUT2D eigenvalue weighted by Gasteiger charge is -2.12. The molecule has 3 aromatic rings. The van der Waals surface area contributed by atoms with Crippen molar-refractivity contribution in [1.29, 1.82) is 0 Å². The molecule has 0 amide bonds.